The molecule has 0 fully saturated rings. The van der Waals surface area contributed by atoms with Crippen molar-refractivity contribution in [2.75, 3.05) is 0 Å². The molecule has 0 amide bonds. The van der Waals surface area contributed by atoms with E-state index in [9.17, 15) is 8.78 Å². The third-order valence-corrected chi connectivity index (χ3v) is 3.47. The van der Waals surface area contributed by atoms with Crippen molar-refractivity contribution in [2.24, 2.45) is 0 Å². The van der Waals surface area contributed by atoms with E-state index in [0.29, 0.717) is 0 Å². The highest BCUT2D eigenvalue weighted by atomic mass is 35.5. The second kappa shape index (κ2) is 5.44. The molecule has 2 rings (SSSR count). The van der Waals surface area contributed by atoms with Gasteiger partial charge in [-0.2, -0.15) is 0 Å². The van der Waals surface area contributed by atoms with Crippen LogP contribution in [0.4, 0.5) is 8.78 Å². The molecule has 2 unspecified atom stereocenters. The van der Waals surface area contributed by atoms with E-state index in [1.165, 1.54) is 12.1 Å². The van der Waals surface area contributed by atoms with Gasteiger partial charge in [-0.15, -0.1) is 11.6 Å². The van der Waals surface area contributed by atoms with Crippen LogP contribution in [0, 0.1) is 11.6 Å². The Labute approximate surface area is 109 Å². The highest BCUT2D eigenvalue weighted by Gasteiger charge is 2.22. The molecule has 0 spiro atoms. The van der Waals surface area contributed by atoms with E-state index in [0.717, 1.165) is 11.8 Å². The van der Waals surface area contributed by atoms with Crippen LogP contribution in [0.3, 0.4) is 0 Å². The Morgan fingerprint density at radius 2 is 1.94 bits per heavy atom. The third-order valence-electron chi connectivity index (χ3n) is 2.85. The van der Waals surface area contributed by atoms with Crippen molar-refractivity contribution in [3.63, 3.8) is 0 Å². The van der Waals surface area contributed by atoms with E-state index in [4.69, 9.17) is 11.6 Å². The Hall–Kier alpha value is -1.48. The van der Waals surface area contributed by atoms with Gasteiger partial charge in [-0.25, -0.2) is 8.78 Å². The Kier molecular flexibility index (Phi) is 3.92. The van der Waals surface area contributed by atoms with Crippen molar-refractivity contribution in [1.82, 2.24) is 4.98 Å². The molecule has 2 aromatic rings. The van der Waals surface area contributed by atoms with Gasteiger partial charge in [0.05, 0.1) is 5.38 Å². The van der Waals surface area contributed by atoms with E-state index >= 15 is 0 Å². The predicted molar refractivity (Wildman–Crippen MR) is 67.6 cm³/mol. The number of alkyl halides is 1. The van der Waals surface area contributed by atoms with Gasteiger partial charge in [0, 0.05) is 29.4 Å². The van der Waals surface area contributed by atoms with Crippen LogP contribution in [0.15, 0.2) is 42.6 Å². The highest BCUT2D eigenvalue weighted by molar-refractivity contribution is 6.21. The average molecular weight is 268 g/mol. The molecule has 0 aliphatic rings. The minimum atomic E-state index is -0.627. The Bertz CT molecular complexity index is 531. The van der Waals surface area contributed by atoms with E-state index in [-0.39, 0.29) is 11.5 Å². The van der Waals surface area contributed by atoms with Crippen LogP contribution in [0.2, 0.25) is 0 Å². The lowest BCUT2D eigenvalue weighted by molar-refractivity contribution is 0.560. The van der Waals surface area contributed by atoms with Gasteiger partial charge in [0.2, 0.25) is 0 Å². The van der Waals surface area contributed by atoms with Crippen LogP contribution in [0.5, 0.6) is 0 Å². The van der Waals surface area contributed by atoms with Crippen molar-refractivity contribution in [1.29, 1.82) is 0 Å². The number of aromatic nitrogens is 1. The van der Waals surface area contributed by atoms with Crippen molar-refractivity contribution < 1.29 is 8.78 Å². The zero-order valence-corrected chi connectivity index (χ0v) is 10.5. The fourth-order valence-electron chi connectivity index (χ4n) is 1.79. The quantitative estimate of drug-likeness (QED) is 0.749. The molecule has 0 aliphatic heterocycles. The second-order valence-corrected chi connectivity index (χ2v) is 4.58. The number of nitrogens with zero attached hydrogens (tertiary/aromatic N) is 1. The predicted octanol–water partition coefficient (Wildman–Crippen LogP) is 4.44. The molecule has 0 bridgehead atoms. The van der Waals surface area contributed by atoms with Gasteiger partial charge in [0.15, 0.2) is 0 Å². The molecule has 1 aromatic carbocycles. The Morgan fingerprint density at radius 1 is 1.17 bits per heavy atom. The van der Waals surface area contributed by atoms with Crippen LogP contribution in [-0.2, 0) is 0 Å². The van der Waals surface area contributed by atoms with Crippen LogP contribution < -0.4 is 0 Å². The summed E-state index contributed by atoms with van der Waals surface area (Å²) >= 11 is 6.25. The molecule has 94 valence electrons. The van der Waals surface area contributed by atoms with E-state index in [1.54, 1.807) is 12.3 Å². The van der Waals surface area contributed by atoms with Crippen molar-refractivity contribution in [3.05, 3.63) is 65.5 Å². The number of hydrogen-bond acceptors (Lipinski definition) is 1. The molecule has 1 nitrogen and oxygen atoms in total. The molecule has 0 aliphatic carbocycles. The summed E-state index contributed by atoms with van der Waals surface area (Å²) in [5.41, 5.74) is 1.07. The standard InChI is InChI=1S/C14H12ClF2N/c1-9(13-4-2-3-7-18-13)14(15)11-6-5-10(16)8-12(11)17/h2-9,14H,1H3. The smallest absolute Gasteiger partial charge is 0.130 e. The van der Waals surface area contributed by atoms with Crippen LogP contribution in [-0.4, -0.2) is 4.98 Å². The van der Waals surface area contributed by atoms with Gasteiger partial charge in [0.1, 0.15) is 11.6 Å². The SMILES string of the molecule is CC(c1ccccn1)C(Cl)c1ccc(F)cc1F. The van der Waals surface area contributed by atoms with E-state index < -0.39 is 17.0 Å². The lowest BCUT2D eigenvalue weighted by Crippen LogP contribution is -2.06. The van der Waals surface area contributed by atoms with Crippen LogP contribution in [0.1, 0.15) is 29.5 Å². The second-order valence-electron chi connectivity index (χ2n) is 4.11. The summed E-state index contributed by atoms with van der Waals surface area (Å²) in [5.74, 6) is -1.39. The third kappa shape index (κ3) is 2.67. The summed E-state index contributed by atoms with van der Waals surface area (Å²) in [5, 5.41) is -0.583. The van der Waals surface area contributed by atoms with Crippen LogP contribution >= 0.6 is 11.6 Å². The maximum absolute atomic E-state index is 13.6. The first kappa shape index (κ1) is 13.0. The topological polar surface area (TPSA) is 12.9 Å². The van der Waals surface area contributed by atoms with Crippen molar-refractivity contribution >= 4 is 11.6 Å². The summed E-state index contributed by atoms with van der Waals surface area (Å²) < 4.78 is 26.5. The van der Waals surface area contributed by atoms with Crippen molar-refractivity contribution in [3.8, 4) is 0 Å². The number of hydrogen-bond donors (Lipinski definition) is 0. The normalized spacial score (nSPS) is 14.2. The number of rotatable bonds is 3. The van der Waals surface area contributed by atoms with Crippen LogP contribution in [0.25, 0.3) is 0 Å². The first-order valence-corrected chi connectivity index (χ1v) is 6.03. The van der Waals surface area contributed by atoms with Gasteiger partial charge in [-0.05, 0) is 18.2 Å². The summed E-state index contributed by atoms with van der Waals surface area (Å²) in [4.78, 5) is 4.19. The lowest BCUT2D eigenvalue weighted by atomic mass is 9.96. The van der Waals surface area contributed by atoms with Gasteiger partial charge in [0.25, 0.3) is 0 Å². The number of halogens is 3. The van der Waals surface area contributed by atoms with E-state index in [2.05, 4.69) is 4.98 Å². The largest absolute Gasteiger partial charge is 0.261 e. The first-order chi connectivity index (χ1) is 8.59. The number of pyridine rings is 1. The zero-order chi connectivity index (χ0) is 13.1. The molecule has 0 N–H and O–H groups in total. The fourth-order valence-corrected chi connectivity index (χ4v) is 2.10. The van der Waals surface area contributed by atoms with Crippen molar-refractivity contribution in [2.45, 2.75) is 18.2 Å². The minimum Gasteiger partial charge on any atom is -0.261 e. The molecular formula is C14H12ClF2N. The molecule has 0 radical (unpaired) electrons. The van der Waals surface area contributed by atoms with Gasteiger partial charge in [-0.1, -0.05) is 19.1 Å². The fraction of sp³-hybridized carbons (Fsp3) is 0.214. The molecule has 0 saturated heterocycles. The van der Waals surface area contributed by atoms with Gasteiger partial charge >= 0.3 is 0 Å². The van der Waals surface area contributed by atoms with E-state index in [1.807, 2.05) is 19.1 Å². The average Bonchev–Trinajstić information content (AvgIpc) is 2.38. The first-order valence-electron chi connectivity index (χ1n) is 5.59. The maximum Gasteiger partial charge on any atom is 0.130 e. The summed E-state index contributed by atoms with van der Waals surface area (Å²) in [6, 6.07) is 8.92. The lowest BCUT2D eigenvalue weighted by Gasteiger charge is -2.18. The molecule has 4 heteroatoms. The van der Waals surface area contributed by atoms with Gasteiger partial charge in [-0.3, -0.25) is 4.98 Å². The zero-order valence-electron chi connectivity index (χ0n) is 9.78. The Balaban J connectivity index is 2.28. The summed E-state index contributed by atoms with van der Waals surface area (Å²) in [7, 11) is 0. The molecule has 1 aromatic heterocycles. The minimum absolute atomic E-state index is 0.159. The monoisotopic (exact) mass is 267 g/mol. The molecule has 0 saturated carbocycles. The highest BCUT2D eigenvalue weighted by Crippen LogP contribution is 2.36. The maximum atomic E-state index is 13.6. The van der Waals surface area contributed by atoms with Gasteiger partial charge < -0.3 is 0 Å². The summed E-state index contributed by atoms with van der Waals surface area (Å²) in [6.07, 6.45) is 1.66. The molecule has 1 heterocycles. The molecule has 2 atom stereocenters. The molecular weight excluding hydrogens is 256 g/mol. The number of benzene rings is 1. The summed E-state index contributed by atoms with van der Waals surface area (Å²) in [6.45, 7) is 1.86. The molecule has 18 heavy (non-hydrogen) atoms. The Morgan fingerprint density at radius 3 is 2.56 bits per heavy atom.